The Morgan fingerprint density at radius 1 is 0.864 bits per heavy atom. The lowest BCUT2D eigenvalue weighted by Crippen LogP contribution is -2.51. The number of nitrogens with zero attached hydrogens (tertiary/aromatic N) is 4. The molecule has 0 aliphatic carbocycles. The molecule has 3 heterocycles. The Bertz CT molecular complexity index is 1810. The highest BCUT2D eigenvalue weighted by Gasteiger charge is 2.35. The van der Waals surface area contributed by atoms with Crippen molar-refractivity contribution in [3.63, 3.8) is 0 Å². The van der Waals surface area contributed by atoms with Crippen molar-refractivity contribution in [1.82, 2.24) is 14.0 Å². The van der Waals surface area contributed by atoms with Crippen LogP contribution in [0.3, 0.4) is 0 Å². The summed E-state index contributed by atoms with van der Waals surface area (Å²) in [6, 6.07) is 15.2. The minimum atomic E-state index is -4.86. The molecule has 5 rings (SSSR count). The lowest BCUT2D eigenvalue weighted by atomic mass is 10.1. The lowest BCUT2D eigenvalue weighted by molar-refractivity contribution is -0.138. The Hall–Kier alpha value is -4.49. The van der Waals surface area contributed by atoms with Gasteiger partial charge in [0.15, 0.2) is 0 Å². The van der Waals surface area contributed by atoms with Gasteiger partial charge in [0.1, 0.15) is 17.3 Å². The SMILES string of the molecule is Cc1c(N2CCN(Cc3cccc(=O)o3)CC2)c(=O)n(C[C@H](N)c2ccccc2)c(=O)n1Cc1c(F)cccc1C(F)(F)F. The number of anilines is 1. The molecule has 4 aromatic rings. The molecule has 0 radical (unpaired) electrons. The lowest BCUT2D eigenvalue weighted by Gasteiger charge is -2.36. The third-order valence-electron chi connectivity index (χ3n) is 7.82. The van der Waals surface area contributed by atoms with Gasteiger partial charge >= 0.3 is 17.5 Å². The van der Waals surface area contributed by atoms with Crippen molar-refractivity contribution in [2.24, 2.45) is 5.73 Å². The average molecular weight is 614 g/mol. The summed E-state index contributed by atoms with van der Waals surface area (Å²) in [4.78, 5) is 43.1. The molecule has 9 nitrogen and oxygen atoms in total. The number of alkyl halides is 3. The van der Waals surface area contributed by atoms with Crippen LogP contribution in [-0.2, 0) is 25.8 Å². The molecule has 2 N–H and O–H groups in total. The highest BCUT2D eigenvalue weighted by molar-refractivity contribution is 5.50. The number of hydrogen-bond acceptors (Lipinski definition) is 7. The minimum Gasteiger partial charge on any atom is -0.427 e. The van der Waals surface area contributed by atoms with Crippen LogP contribution in [0.5, 0.6) is 0 Å². The van der Waals surface area contributed by atoms with Crippen LogP contribution in [-0.4, -0.2) is 40.2 Å². The Kier molecular flexibility index (Phi) is 8.88. The van der Waals surface area contributed by atoms with Crippen LogP contribution in [0, 0.1) is 12.7 Å². The smallest absolute Gasteiger partial charge is 0.416 e. The van der Waals surface area contributed by atoms with E-state index in [1.807, 2.05) is 4.90 Å². The molecule has 1 atom stereocenters. The number of benzene rings is 2. The minimum absolute atomic E-state index is 0.114. The quantitative estimate of drug-likeness (QED) is 0.303. The fourth-order valence-corrected chi connectivity index (χ4v) is 5.51. The zero-order valence-electron chi connectivity index (χ0n) is 23.9. The van der Waals surface area contributed by atoms with Gasteiger partial charge in [-0.2, -0.15) is 13.2 Å². The van der Waals surface area contributed by atoms with Gasteiger partial charge in [0.2, 0.25) is 0 Å². The van der Waals surface area contributed by atoms with E-state index in [1.54, 1.807) is 47.4 Å². The van der Waals surface area contributed by atoms with Gasteiger partial charge in [-0.3, -0.25) is 18.8 Å². The van der Waals surface area contributed by atoms with E-state index < -0.39 is 52.6 Å². The molecule has 44 heavy (non-hydrogen) atoms. The Morgan fingerprint density at radius 3 is 2.20 bits per heavy atom. The fraction of sp³-hybridized carbons (Fsp3) is 0.323. The molecule has 1 fully saturated rings. The van der Waals surface area contributed by atoms with Crippen molar-refractivity contribution in [2.45, 2.75) is 38.8 Å². The molecule has 0 unspecified atom stereocenters. The predicted octanol–water partition coefficient (Wildman–Crippen LogP) is 3.50. The Balaban J connectivity index is 1.54. The first kappa shape index (κ1) is 31.0. The van der Waals surface area contributed by atoms with Crippen LogP contribution in [0.25, 0.3) is 0 Å². The average Bonchev–Trinajstić information content (AvgIpc) is 2.99. The maximum atomic E-state index is 14.9. The third kappa shape index (κ3) is 6.53. The zero-order chi connectivity index (χ0) is 31.6. The van der Waals surface area contributed by atoms with Crippen molar-refractivity contribution in [2.75, 3.05) is 31.1 Å². The second-order valence-electron chi connectivity index (χ2n) is 10.7. The standard InChI is InChI=1S/C31H31F4N5O4/c1-20-28(38-15-13-37(14-16-38)17-22-9-5-12-27(41)44-22)29(42)40(19-26(36)21-7-3-2-4-8-21)30(43)39(20)18-23-24(31(33,34)35)10-6-11-25(23)32/h2-12,26H,13-19,36H2,1H3/t26-/m0/s1. The first-order chi connectivity index (χ1) is 20.9. The number of nitrogens with two attached hydrogens (primary N) is 1. The summed E-state index contributed by atoms with van der Waals surface area (Å²) in [5.74, 6) is -0.633. The van der Waals surface area contributed by atoms with Crippen molar-refractivity contribution < 1.29 is 22.0 Å². The summed E-state index contributed by atoms with van der Waals surface area (Å²) in [6.07, 6.45) is -4.86. The normalized spacial score (nSPS) is 15.0. The van der Waals surface area contributed by atoms with Crippen molar-refractivity contribution in [3.8, 4) is 0 Å². The van der Waals surface area contributed by atoms with Crippen LogP contribution in [0.15, 0.2) is 85.5 Å². The summed E-state index contributed by atoms with van der Waals surface area (Å²) >= 11 is 0. The molecule has 0 bridgehead atoms. The summed E-state index contributed by atoms with van der Waals surface area (Å²) in [7, 11) is 0. The first-order valence-electron chi connectivity index (χ1n) is 14.0. The van der Waals surface area contributed by atoms with Crippen molar-refractivity contribution >= 4 is 5.69 Å². The van der Waals surface area contributed by atoms with E-state index in [2.05, 4.69) is 0 Å². The van der Waals surface area contributed by atoms with Crippen LogP contribution in [0.4, 0.5) is 23.2 Å². The number of aromatic nitrogens is 2. The molecule has 1 aliphatic heterocycles. The molecule has 1 aliphatic rings. The van der Waals surface area contributed by atoms with Gasteiger partial charge in [-0.15, -0.1) is 0 Å². The maximum Gasteiger partial charge on any atom is 0.416 e. The second-order valence-corrected chi connectivity index (χ2v) is 10.7. The summed E-state index contributed by atoms with van der Waals surface area (Å²) in [5, 5.41) is 0. The molecule has 1 saturated heterocycles. The predicted molar refractivity (Wildman–Crippen MR) is 156 cm³/mol. The van der Waals surface area contributed by atoms with Crippen molar-refractivity contribution in [3.05, 3.63) is 132 Å². The highest BCUT2D eigenvalue weighted by atomic mass is 19.4. The molecule has 2 aromatic carbocycles. The highest BCUT2D eigenvalue weighted by Crippen LogP contribution is 2.33. The number of rotatable bonds is 8. The largest absolute Gasteiger partial charge is 0.427 e. The Morgan fingerprint density at radius 2 is 1.55 bits per heavy atom. The van der Waals surface area contributed by atoms with Gasteiger partial charge in [0.05, 0.1) is 25.2 Å². The van der Waals surface area contributed by atoms with E-state index in [9.17, 15) is 31.9 Å². The zero-order valence-corrected chi connectivity index (χ0v) is 23.9. The maximum absolute atomic E-state index is 14.9. The topological polar surface area (TPSA) is 107 Å². The molecule has 232 valence electrons. The summed E-state index contributed by atoms with van der Waals surface area (Å²) < 4.78 is 63.6. The molecule has 0 amide bonds. The number of halogens is 4. The van der Waals surface area contributed by atoms with E-state index in [4.69, 9.17) is 10.2 Å². The van der Waals surface area contributed by atoms with Gasteiger partial charge in [0.25, 0.3) is 5.56 Å². The van der Waals surface area contributed by atoms with E-state index in [0.717, 1.165) is 27.3 Å². The number of piperazine rings is 1. The first-order valence-corrected chi connectivity index (χ1v) is 14.0. The molecular weight excluding hydrogens is 582 g/mol. The van der Waals surface area contributed by atoms with E-state index in [1.165, 1.54) is 13.0 Å². The van der Waals surface area contributed by atoms with Crippen LogP contribution in [0.2, 0.25) is 0 Å². The van der Waals surface area contributed by atoms with Crippen LogP contribution in [0.1, 0.15) is 34.2 Å². The molecular formula is C31H31F4N5O4. The van der Waals surface area contributed by atoms with Crippen LogP contribution >= 0.6 is 0 Å². The molecule has 2 aromatic heterocycles. The molecule has 0 spiro atoms. The monoisotopic (exact) mass is 613 g/mol. The fourth-order valence-electron chi connectivity index (χ4n) is 5.51. The molecule has 0 saturated carbocycles. The van der Waals surface area contributed by atoms with E-state index >= 15 is 0 Å². The van der Waals surface area contributed by atoms with Gasteiger partial charge in [-0.05, 0) is 30.7 Å². The van der Waals surface area contributed by atoms with E-state index in [-0.39, 0.29) is 17.9 Å². The van der Waals surface area contributed by atoms with E-state index in [0.29, 0.717) is 44.0 Å². The van der Waals surface area contributed by atoms with Gasteiger partial charge < -0.3 is 15.1 Å². The van der Waals surface area contributed by atoms with Gasteiger partial charge in [0, 0.05) is 49.5 Å². The van der Waals surface area contributed by atoms with Gasteiger partial charge in [-0.1, -0.05) is 42.5 Å². The van der Waals surface area contributed by atoms with Crippen LogP contribution < -0.4 is 27.5 Å². The number of hydrogen-bond donors (Lipinski definition) is 1. The Labute approximate surface area is 249 Å². The molecule has 13 heteroatoms. The third-order valence-corrected chi connectivity index (χ3v) is 7.82. The summed E-state index contributed by atoms with van der Waals surface area (Å²) in [5.41, 5.74) is 3.37. The second kappa shape index (κ2) is 12.6. The van der Waals surface area contributed by atoms with Gasteiger partial charge in [-0.25, -0.2) is 14.0 Å². The summed E-state index contributed by atoms with van der Waals surface area (Å²) in [6.45, 7) is 2.45. The van der Waals surface area contributed by atoms with Crippen molar-refractivity contribution in [1.29, 1.82) is 0 Å².